The normalized spacial score (nSPS) is 24.6. The largest absolute Gasteiger partial charge is 0.327 e. The molecule has 7 N–H and O–H groups in total. The van der Waals surface area contributed by atoms with Crippen molar-refractivity contribution in [3.8, 4) is 0 Å². The molecule has 0 radical (unpaired) electrons. The first kappa shape index (κ1) is 16.5. The number of nitrogens with one attached hydrogen (secondary N) is 3. The van der Waals surface area contributed by atoms with Crippen LogP contribution in [0.3, 0.4) is 0 Å². The van der Waals surface area contributed by atoms with Gasteiger partial charge in [-0.15, -0.1) is 0 Å². The maximum absolute atomic E-state index is 6.47. The molecule has 2 unspecified atom stereocenters. The molecule has 130 valence electrons. The zero-order valence-electron chi connectivity index (χ0n) is 13.6. The van der Waals surface area contributed by atoms with E-state index in [-0.39, 0.29) is 16.4 Å². The standard InChI is InChI=1S/C17H21N7S/c18-13(8-14-3-1-2-6-20-14)9-17(24-23-16(19)25-17)12-4-5-15-11(7-12)10-21-22-15/h1-7,10,13,16,23-24H,8-9,18-19H2,(H,21,22)/t13-,16?,17?/m0/s1. The Morgan fingerprint density at radius 2 is 2.20 bits per heavy atom. The van der Waals surface area contributed by atoms with Crippen molar-refractivity contribution < 1.29 is 0 Å². The molecule has 0 spiro atoms. The Hall–Kier alpha value is -1.97. The predicted octanol–water partition coefficient (Wildman–Crippen LogP) is 1.15. The summed E-state index contributed by atoms with van der Waals surface area (Å²) in [5.41, 5.74) is 22.0. The van der Waals surface area contributed by atoms with Crippen LogP contribution in [0.25, 0.3) is 10.9 Å². The molecule has 1 aliphatic heterocycles. The van der Waals surface area contributed by atoms with Gasteiger partial charge in [0.25, 0.3) is 0 Å². The molecule has 7 nitrogen and oxygen atoms in total. The number of hydrogen-bond donors (Lipinski definition) is 5. The second-order valence-electron chi connectivity index (χ2n) is 6.30. The van der Waals surface area contributed by atoms with Crippen LogP contribution in [0.1, 0.15) is 17.7 Å². The summed E-state index contributed by atoms with van der Waals surface area (Å²) < 4.78 is 0. The third-order valence-corrected chi connectivity index (χ3v) is 5.68. The van der Waals surface area contributed by atoms with Gasteiger partial charge >= 0.3 is 0 Å². The number of nitrogens with zero attached hydrogens (tertiary/aromatic N) is 2. The summed E-state index contributed by atoms with van der Waals surface area (Å²) in [6.07, 6.45) is 5.06. The quantitative estimate of drug-likeness (QED) is 0.466. The van der Waals surface area contributed by atoms with E-state index in [9.17, 15) is 0 Å². The third kappa shape index (κ3) is 3.39. The van der Waals surface area contributed by atoms with E-state index in [0.717, 1.165) is 28.6 Å². The molecule has 3 atom stereocenters. The fourth-order valence-corrected chi connectivity index (χ4v) is 4.49. The number of rotatable bonds is 5. The van der Waals surface area contributed by atoms with Gasteiger partial charge in [-0.1, -0.05) is 23.9 Å². The molecule has 0 aliphatic carbocycles. The summed E-state index contributed by atoms with van der Waals surface area (Å²) in [5.74, 6) is 0. The molecule has 1 saturated heterocycles. The summed E-state index contributed by atoms with van der Waals surface area (Å²) >= 11 is 1.64. The van der Waals surface area contributed by atoms with E-state index < -0.39 is 0 Å². The number of thioether (sulfide) groups is 1. The van der Waals surface area contributed by atoms with Gasteiger partial charge in [0, 0.05) is 29.7 Å². The van der Waals surface area contributed by atoms with Gasteiger partial charge in [-0.2, -0.15) is 5.10 Å². The first-order valence-electron chi connectivity index (χ1n) is 8.20. The van der Waals surface area contributed by atoms with Gasteiger partial charge < -0.3 is 11.5 Å². The first-order chi connectivity index (χ1) is 12.1. The maximum atomic E-state index is 6.47. The minimum atomic E-state index is -0.390. The number of aromatic nitrogens is 3. The van der Waals surface area contributed by atoms with E-state index in [2.05, 4.69) is 38.2 Å². The molecule has 3 aromatic rings. The van der Waals surface area contributed by atoms with Crippen LogP contribution in [0.2, 0.25) is 0 Å². The topological polar surface area (TPSA) is 118 Å². The number of hydrogen-bond acceptors (Lipinski definition) is 7. The molecule has 0 amide bonds. The Morgan fingerprint density at radius 3 is 2.96 bits per heavy atom. The lowest BCUT2D eigenvalue weighted by Crippen LogP contribution is -2.45. The van der Waals surface area contributed by atoms with Crippen molar-refractivity contribution in [2.75, 3.05) is 0 Å². The SMILES string of the molecule is NC1NNC(C[C@@H](N)Cc2ccccn2)(c2ccc3[nH]ncc3c2)S1. The second-order valence-corrected chi connectivity index (χ2v) is 7.74. The van der Waals surface area contributed by atoms with Crippen LogP contribution in [-0.2, 0) is 11.3 Å². The van der Waals surface area contributed by atoms with Crippen molar-refractivity contribution in [3.63, 3.8) is 0 Å². The van der Waals surface area contributed by atoms with E-state index >= 15 is 0 Å². The van der Waals surface area contributed by atoms with Crippen LogP contribution in [0.4, 0.5) is 0 Å². The second kappa shape index (κ2) is 6.74. The predicted molar refractivity (Wildman–Crippen MR) is 100 cm³/mol. The fraction of sp³-hybridized carbons (Fsp3) is 0.294. The summed E-state index contributed by atoms with van der Waals surface area (Å²) in [6, 6.07) is 12.1. The van der Waals surface area contributed by atoms with Crippen LogP contribution >= 0.6 is 11.8 Å². The fourth-order valence-electron chi connectivity index (χ4n) is 3.24. The van der Waals surface area contributed by atoms with Crippen LogP contribution in [0.5, 0.6) is 0 Å². The third-order valence-electron chi connectivity index (χ3n) is 4.40. The Morgan fingerprint density at radius 1 is 1.28 bits per heavy atom. The molecule has 0 saturated carbocycles. The average Bonchev–Trinajstić information content (AvgIpc) is 3.22. The first-order valence-corrected chi connectivity index (χ1v) is 9.08. The summed E-state index contributed by atoms with van der Waals surface area (Å²) in [6.45, 7) is 0. The van der Waals surface area contributed by atoms with Crippen LogP contribution in [-0.4, -0.2) is 26.7 Å². The van der Waals surface area contributed by atoms with Crippen molar-refractivity contribution in [2.45, 2.75) is 29.3 Å². The highest BCUT2D eigenvalue weighted by Crippen LogP contribution is 2.42. The average molecular weight is 355 g/mol. The Kier molecular flexibility index (Phi) is 4.45. The van der Waals surface area contributed by atoms with Crippen molar-refractivity contribution in [2.24, 2.45) is 11.5 Å². The molecule has 3 heterocycles. The number of H-pyrrole nitrogens is 1. The van der Waals surface area contributed by atoms with E-state index in [4.69, 9.17) is 11.5 Å². The highest BCUT2D eigenvalue weighted by molar-refractivity contribution is 8.00. The number of pyridine rings is 1. The van der Waals surface area contributed by atoms with Gasteiger partial charge in [0.15, 0.2) is 0 Å². The number of nitrogens with two attached hydrogens (primary N) is 2. The van der Waals surface area contributed by atoms with Crippen molar-refractivity contribution >= 4 is 22.7 Å². The van der Waals surface area contributed by atoms with Gasteiger partial charge in [0.2, 0.25) is 0 Å². The van der Waals surface area contributed by atoms with Crippen LogP contribution in [0, 0.1) is 0 Å². The van der Waals surface area contributed by atoms with Gasteiger partial charge in [-0.05, 0) is 36.2 Å². The van der Waals surface area contributed by atoms with Gasteiger partial charge in [-0.3, -0.25) is 10.1 Å². The number of aromatic amines is 1. The lowest BCUT2D eigenvalue weighted by atomic mass is 9.96. The molecule has 1 aliphatic rings. The van der Waals surface area contributed by atoms with Crippen molar-refractivity contribution in [1.82, 2.24) is 26.0 Å². The van der Waals surface area contributed by atoms with E-state index in [1.54, 1.807) is 18.0 Å². The molecular formula is C17H21N7S. The van der Waals surface area contributed by atoms with E-state index in [1.165, 1.54) is 0 Å². The highest BCUT2D eigenvalue weighted by atomic mass is 32.2. The Bertz CT molecular complexity index is 852. The van der Waals surface area contributed by atoms with Crippen molar-refractivity contribution in [1.29, 1.82) is 0 Å². The lowest BCUT2D eigenvalue weighted by Gasteiger charge is -2.31. The minimum absolute atomic E-state index is 0.0537. The van der Waals surface area contributed by atoms with Crippen LogP contribution < -0.4 is 22.3 Å². The summed E-state index contributed by atoms with van der Waals surface area (Å²) in [4.78, 5) is 3.99. The van der Waals surface area contributed by atoms with Gasteiger partial charge in [-0.25, -0.2) is 10.9 Å². The smallest absolute Gasteiger partial charge is 0.118 e. The van der Waals surface area contributed by atoms with Gasteiger partial charge in [0.05, 0.1) is 11.7 Å². The van der Waals surface area contributed by atoms with E-state index in [0.29, 0.717) is 6.42 Å². The summed E-state index contributed by atoms with van der Waals surface area (Å²) in [5, 5.41) is 8.15. The minimum Gasteiger partial charge on any atom is -0.327 e. The van der Waals surface area contributed by atoms with Gasteiger partial charge in [0.1, 0.15) is 10.4 Å². The molecule has 1 aromatic carbocycles. The summed E-state index contributed by atoms with van der Waals surface area (Å²) in [7, 11) is 0. The zero-order chi connectivity index (χ0) is 17.3. The Labute approximate surface area is 149 Å². The number of benzene rings is 1. The Balaban J connectivity index is 1.60. The molecular weight excluding hydrogens is 334 g/mol. The molecule has 2 aromatic heterocycles. The lowest BCUT2D eigenvalue weighted by molar-refractivity contribution is 0.380. The van der Waals surface area contributed by atoms with Crippen molar-refractivity contribution in [3.05, 3.63) is 60.0 Å². The van der Waals surface area contributed by atoms with E-state index in [1.807, 2.05) is 30.5 Å². The zero-order valence-corrected chi connectivity index (χ0v) is 14.5. The van der Waals surface area contributed by atoms with Crippen LogP contribution in [0.15, 0.2) is 48.8 Å². The molecule has 0 bridgehead atoms. The molecule has 25 heavy (non-hydrogen) atoms. The highest BCUT2D eigenvalue weighted by Gasteiger charge is 2.41. The monoisotopic (exact) mass is 355 g/mol. The number of fused-ring (bicyclic) bond motifs is 1. The maximum Gasteiger partial charge on any atom is 0.118 e. The molecule has 1 fully saturated rings. The molecule has 4 rings (SSSR count). The number of hydrazine groups is 1. The molecule has 8 heteroatoms.